The molecular weight excluding hydrogens is 274 g/mol. The van der Waals surface area contributed by atoms with Crippen molar-refractivity contribution in [2.45, 2.75) is 26.3 Å². The third-order valence-corrected chi connectivity index (χ3v) is 3.38. The molecule has 4 heteroatoms. The van der Waals surface area contributed by atoms with Crippen molar-refractivity contribution in [3.8, 4) is 5.75 Å². The van der Waals surface area contributed by atoms with E-state index in [4.69, 9.17) is 20.8 Å². The fraction of sp³-hybridized carbons (Fsp3) is 0.375. The second kappa shape index (κ2) is 6.82. The molecule has 0 aliphatic rings. The van der Waals surface area contributed by atoms with Crippen LogP contribution in [0, 0.1) is 6.92 Å². The number of methoxy groups -OCH3 is 1. The molecule has 1 aromatic carbocycles. The van der Waals surface area contributed by atoms with Gasteiger partial charge in [-0.3, -0.25) is 0 Å². The maximum Gasteiger partial charge on any atom is 0.193 e. The Balaban J connectivity index is 2.42. The summed E-state index contributed by atoms with van der Waals surface area (Å²) in [7, 11) is 1.68. The highest BCUT2D eigenvalue weighted by Crippen LogP contribution is 2.32. The molecule has 0 fully saturated rings. The molecule has 2 aromatic rings. The van der Waals surface area contributed by atoms with Crippen molar-refractivity contribution in [3.05, 3.63) is 52.4 Å². The Morgan fingerprint density at radius 3 is 2.70 bits per heavy atom. The monoisotopic (exact) mass is 293 g/mol. The van der Waals surface area contributed by atoms with Crippen molar-refractivity contribution >= 4 is 11.6 Å². The van der Waals surface area contributed by atoms with Crippen LogP contribution >= 0.6 is 11.6 Å². The molecule has 0 radical (unpaired) electrons. The van der Waals surface area contributed by atoms with Gasteiger partial charge in [0.25, 0.3) is 0 Å². The number of aryl methyl sites for hydroxylation is 1. The van der Waals surface area contributed by atoms with Crippen LogP contribution in [0.15, 0.2) is 34.7 Å². The molecule has 0 amide bonds. The molecule has 2 rings (SSSR count). The number of ether oxygens (including phenoxy) is 1. The van der Waals surface area contributed by atoms with Crippen LogP contribution in [0.5, 0.6) is 5.75 Å². The smallest absolute Gasteiger partial charge is 0.193 e. The second-order valence-corrected chi connectivity index (χ2v) is 5.15. The molecule has 0 aliphatic carbocycles. The quantitative estimate of drug-likeness (QED) is 0.860. The minimum atomic E-state index is -0.0581. The fourth-order valence-electron chi connectivity index (χ4n) is 2.22. The molecule has 0 saturated heterocycles. The van der Waals surface area contributed by atoms with Crippen LogP contribution < -0.4 is 10.1 Å². The first-order chi connectivity index (χ1) is 9.65. The van der Waals surface area contributed by atoms with Crippen LogP contribution in [-0.4, -0.2) is 13.7 Å². The van der Waals surface area contributed by atoms with E-state index in [1.54, 1.807) is 13.2 Å². The van der Waals surface area contributed by atoms with Gasteiger partial charge in [-0.25, -0.2) is 0 Å². The van der Waals surface area contributed by atoms with Gasteiger partial charge in [-0.2, -0.15) is 0 Å². The van der Waals surface area contributed by atoms with Crippen molar-refractivity contribution in [2.24, 2.45) is 0 Å². The Morgan fingerprint density at radius 1 is 1.30 bits per heavy atom. The first-order valence-electron chi connectivity index (χ1n) is 6.79. The lowest BCUT2D eigenvalue weighted by Crippen LogP contribution is -2.23. The van der Waals surface area contributed by atoms with Gasteiger partial charge in [0.2, 0.25) is 0 Å². The lowest BCUT2D eigenvalue weighted by atomic mass is 10.0. The maximum absolute atomic E-state index is 5.91. The number of nitrogens with one attached hydrogen (secondary N) is 1. The van der Waals surface area contributed by atoms with Gasteiger partial charge in [-0.15, -0.1) is 0 Å². The van der Waals surface area contributed by atoms with Crippen LogP contribution in [-0.2, 0) is 0 Å². The molecule has 0 bridgehead atoms. The Kier molecular flexibility index (Phi) is 5.10. The molecule has 0 spiro atoms. The highest BCUT2D eigenvalue weighted by atomic mass is 35.5. The van der Waals surface area contributed by atoms with E-state index in [1.165, 1.54) is 5.56 Å². The SMILES string of the molecule is CCCNC(c1ccc(Cl)o1)c1cc(C)ccc1OC. The molecule has 20 heavy (non-hydrogen) atoms. The number of hydrogen-bond donors (Lipinski definition) is 1. The number of benzene rings is 1. The second-order valence-electron chi connectivity index (χ2n) is 4.77. The Hall–Kier alpha value is -1.45. The molecular formula is C16H20ClNO2. The number of rotatable bonds is 6. The van der Waals surface area contributed by atoms with E-state index in [-0.39, 0.29) is 6.04 Å². The highest BCUT2D eigenvalue weighted by Gasteiger charge is 2.21. The molecule has 1 atom stereocenters. The van der Waals surface area contributed by atoms with Gasteiger partial charge in [0.1, 0.15) is 11.5 Å². The van der Waals surface area contributed by atoms with Crippen LogP contribution in [0.2, 0.25) is 5.22 Å². The predicted octanol–water partition coefficient (Wildman–Crippen LogP) is 4.34. The summed E-state index contributed by atoms with van der Waals surface area (Å²) in [6.45, 7) is 5.08. The number of halogens is 1. The van der Waals surface area contributed by atoms with Crippen LogP contribution in [0.3, 0.4) is 0 Å². The zero-order valence-corrected chi connectivity index (χ0v) is 12.8. The van der Waals surface area contributed by atoms with E-state index in [9.17, 15) is 0 Å². The minimum Gasteiger partial charge on any atom is -0.496 e. The summed E-state index contributed by atoms with van der Waals surface area (Å²) in [6, 6.07) is 9.74. The first kappa shape index (κ1) is 14.9. The third kappa shape index (κ3) is 3.35. The van der Waals surface area contributed by atoms with E-state index >= 15 is 0 Å². The normalized spacial score (nSPS) is 12.4. The van der Waals surface area contributed by atoms with Gasteiger partial charge in [-0.05, 0) is 49.7 Å². The van der Waals surface area contributed by atoms with Crippen LogP contribution in [0.25, 0.3) is 0 Å². The third-order valence-electron chi connectivity index (χ3n) is 3.17. The summed E-state index contributed by atoms with van der Waals surface area (Å²) in [5.74, 6) is 1.64. The van der Waals surface area contributed by atoms with Crippen molar-refractivity contribution in [1.29, 1.82) is 0 Å². The van der Waals surface area contributed by atoms with Crippen LogP contribution in [0.4, 0.5) is 0 Å². The van der Waals surface area contributed by atoms with Gasteiger partial charge in [0, 0.05) is 5.56 Å². The molecule has 108 valence electrons. The van der Waals surface area contributed by atoms with E-state index in [1.807, 2.05) is 18.2 Å². The van der Waals surface area contributed by atoms with E-state index in [0.717, 1.165) is 30.0 Å². The van der Waals surface area contributed by atoms with Crippen molar-refractivity contribution in [1.82, 2.24) is 5.32 Å². The lowest BCUT2D eigenvalue weighted by molar-refractivity contribution is 0.392. The van der Waals surface area contributed by atoms with Gasteiger partial charge < -0.3 is 14.5 Å². The summed E-state index contributed by atoms with van der Waals surface area (Å²) in [5.41, 5.74) is 2.24. The van der Waals surface area contributed by atoms with E-state index in [0.29, 0.717) is 5.22 Å². The Labute approximate surface area is 124 Å². The molecule has 1 aromatic heterocycles. The first-order valence-corrected chi connectivity index (χ1v) is 7.16. The summed E-state index contributed by atoms with van der Waals surface area (Å²) in [4.78, 5) is 0. The highest BCUT2D eigenvalue weighted by molar-refractivity contribution is 6.28. The summed E-state index contributed by atoms with van der Waals surface area (Å²) >= 11 is 5.91. The largest absolute Gasteiger partial charge is 0.496 e. The fourth-order valence-corrected chi connectivity index (χ4v) is 2.37. The van der Waals surface area contributed by atoms with E-state index < -0.39 is 0 Å². The lowest BCUT2D eigenvalue weighted by Gasteiger charge is -2.20. The molecule has 3 nitrogen and oxygen atoms in total. The average molecular weight is 294 g/mol. The van der Waals surface area contributed by atoms with E-state index in [2.05, 4.69) is 25.2 Å². The predicted molar refractivity (Wildman–Crippen MR) is 81.6 cm³/mol. The van der Waals surface area contributed by atoms with Crippen molar-refractivity contribution < 1.29 is 9.15 Å². The molecule has 1 N–H and O–H groups in total. The zero-order chi connectivity index (χ0) is 14.5. The summed E-state index contributed by atoms with van der Waals surface area (Å²) in [5, 5.41) is 3.88. The zero-order valence-electron chi connectivity index (χ0n) is 12.1. The average Bonchev–Trinajstić information content (AvgIpc) is 2.86. The van der Waals surface area contributed by atoms with Gasteiger partial charge in [-0.1, -0.05) is 24.6 Å². The minimum absolute atomic E-state index is 0.0581. The molecule has 0 saturated carbocycles. The standard InChI is InChI=1S/C16H20ClNO2/c1-4-9-18-16(14-7-8-15(17)20-14)12-10-11(2)5-6-13(12)19-3/h5-8,10,16,18H,4,9H2,1-3H3. The van der Waals surface area contributed by atoms with Gasteiger partial charge in [0.15, 0.2) is 5.22 Å². The summed E-state index contributed by atoms with van der Waals surface area (Å²) < 4.78 is 11.1. The summed E-state index contributed by atoms with van der Waals surface area (Å²) in [6.07, 6.45) is 1.04. The number of furan rings is 1. The van der Waals surface area contributed by atoms with Crippen molar-refractivity contribution in [2.75, 3.05) is 13.7 Å². The molecule has 1 heterocycles. The maximum atomic E-state index is 5.91. The van der Waals surface area contributed by atoms with Gasteiger partial charge in [0.05, 0.1) is 13.2 Å². The number of hydrogen-bond acceptors (Lipinski definition) is 3. The molecule has 1 unspecified atom stereocenters. The topological polar surface area (TPSA) is 34.4 Å². The van der Waals surface area contributed by atoms with Gasteiger partial charge >= 0.3 is 0 Å². The Morgan fingerprint density at radius 2 is 2.10 bits per heavy atom. The molecule has 0 aliphatic heterocycles. The van der Waals surface area contributed by atoms with Crippen molar-refractivity contribution in [3.63, 3.8) is 0 Å². The van der Waals surface area contributed by atoms with Crippen LogP contribution in [0.1, 0.15) is 36.3 Å². The Bertz CT molecular complexity index is 565.